The standard InChI is InChI=1S/C15H19N3O2/c1-2-11-10-17(8-6-14(11)19)15(20)12-9-16-18-7-4-3-5-13(12)18/h3-5,7,9,11,14,19H,2,6,8,10H2,1H3. The minimum absolute atomic E-state index is 0.0107. The number of fused-ring (bicyclic) bond motifs is 1. The number of hydrogen-bond donors (Lipinski definition) is 1. The van der Waals surface area contributed by atoms with Gasteiger partial charge in [0.15, 0.2) is 0 Å². The molecule has 3 rings (SSSR count). The number of amides is 1. The van der Waals surface area contributed by atoms with Crippen LogP contribution in [-0.2, 0) is 0 Å². The first-order chi connectivity index (χ1) is 9.70. The summed E-state index contributed by atoms with van der Waals surface area (Å²) in [5.41, 5.74) is 1.47. The van der Waals surface area contributed by atoms with Gasteiger partial charge in [-0.15, -0.1) is 0 Å². The van der Waals surface area contributed by atoms with Crippen LogP contribution in [0.4, 0.5) is 0 Å². The molecule has 106 valence electrons. The minimum Gasteiger partial charge on any atom is -0.393 e. The zero-order valence-corrected chi connectivity index (χ0v) is 11.6. The van der Waals surface area contributed by atoms with Gasteiger partial charge in [0.05, 0.1) is 23.4 Å². The van der Waals surface area contributed by atoms with Crippen LogP contribution in [0, 0.1) is 5.92 Å². The van der Waals surface area contributed by atoms with E-state index in [1.807, 2.05) is 29.3 Å². The van der Waals surface area contributed by atoms with Gasteiger partial charge in [0.1, 0.15) is 0 Å². The molecule has 1 N–H and O–H groups in total. The van der Waals surface area contributed by atoms with Crippen LogP contribution >= 0.6 is 0 Å². The highest BCUT2D eigenvalue weighted by molar-refractivity contribution is 6.00. The lowest BCUT2D eigenvalue weighted by Gasteiger charge is -2.35. The van der Waals surface area contributed by atoms with Crippen molar-refractivity contribution in [2.75, 3.05) is 13.1 Å². The molecule has 2 aromatic heterocycles. The number of aliphatic hydroxyl groups is 1. The van der Waals surface area contributed by atoms with E-state index < -0.39 is 0 Å². The van der Waals surface area contributed by atoms with E-state index in [0.717, 1.165) is 11.9 Å². The Hall–Kier alpha value is -1.88. The van der Waals surface area contributed by atoms with Gasteiger partial charge in [0.2, 0.25) is 0 Å². The van der Waals surface area contributed by atoms with Crippen LogP contribution in [0.3, 0.4) is 0 Å². The van der Waals surface area contributed by atoms with Gasteiger partial charge in [-0.1, -0.05) is 13.0 Å². The fourth-order valence-corrected chi connectivity index (χ4v) is 2.88. The number of carbonyl (C=O) groups excluding carboxylic acids is 1. The molecule has 0 saturated carbocycles. The van der Waals surface area contributed by atoms with Crippen LogP contribution in [0.25, 0.3) is 5.52 Å². The summed E-state index contributed by atoms with van der Waals surface area (Å²) in [5.74, 6) is 0.186. The Balaban J connectivity index is 1.85. The number of aromatic nitrogens is 2. The molecular formula is C15H19N3O2. The number of hydrogen-bond acceptors (Lipinski definition) is 3. The van der Waals surface area contributed by atoms with Gasteiger partial charge < -0.3 is 10.0 Å². The second kappa shape index (κ2) is 5.25. The Kier molecular flexibility index (Phi) is 3.44. The van der Waals surface area contributed by atoms with Crippen molar-refractivity contribution in [3.05, 3.63) is 36.2 Å². The van der Waals surface area contributed by atoms with Gasteiger partial charge in [-0.25, -0.2) is 4.52 Å². The number of likely N-dealkylation sites (tertiary alicyclic amines) is 1. The van der Waals surface area contributed by atoms with Gasteiger partial charge in [-0.2, -0.15) is 5.10 Å². The molecule has 5 heteroatoms. The van der Waals surface area contributed by atoms with Crippen LogP contribution in [0.2, 0.25) is 0 Å². The average Bonchev–Trinajstić information content (AvgIpc) is 2.91. The first-order valence-corrected chi connectivity index (χ1v) is 7.10. The average molecular weight is 273 g/mol. The molecule has 1 fully saturated rings. The lowest BCUT2D eigenvalue weighted by Crippen LogP contribution is -2.45. The van der Waals surface area contributed by atoms with E-state index in [4.69, 9.17) is 0 Å². The highest BCUT2D eigenvalue weighted by Gasteiger charge is 2.30. The van der Waals surface area contributed by atoms with Crippen molar-refractivity contribution < 1.29 is 9.90 Å². The quantitative estimate of drug-likeness (QED) is 0.903. The fourth-order valence-electron chi connectivity index (χ4n) is 2.88. The summed E-state index contributed by atoms with van der Waals surface area (Å²) in [6, 6.07) is 5.69. The van der Waals surface area contributed by atoms with Crippen molar-refractivity contribution in [1.29, 1.82) is 0 Å². The molecule has 2 aromatic rings. The number of rotatable bonds is 2. The van der Waals surface area contributed by atoms with Crippen LogP contribution < -0.4 is 0 Å². The van der Waals surface area contributed by atoms with Crippen molar-refractivity contribution in [3.63, 3.8) is 0 Å². The number of carbonyl (C=O) groups is 1. The van der Waals surface area contributed by atoms with Crippen molar-refractivity contribution in [1.82, 2.24) is 14.5 Å². The fraction of sp³-hybridized carbons (Fsp3) is 0.467. The third-order valence-corrected chi connectivity index (χ3v) is 4.16. The maximum atomic E-state index is 12.6. The molecule has 5 nitrogen and oxygen atoms in total. The minimum atomic E-state index is -0.284. The molecule has 20 heavy (non-hydrogen) atoms. The first-order valence-electron chi connectivity index (χ1n) is 7.10. The predicted octanol–water partition coefficient (Wildman–Crippen LogP) is 1.57. The first kappa shape index (κ1) is 13.1. The van der Waals surface area contributed by atoms with E-state index in [-0.39, 0.29) is 17.9 Å². The summed E-state index contributed by atoms with van der Waals surface area (Å²) in [6.45, 7) is 3.29. The molecule has 1 saturated heterocycles. The van der Waals surface area contributed by atoms with Crippen LogP contribution in [0.15, 0.2) is 30.6 Å². The third kappa shape index (κ3) is 2.18. The Labute approximate surface area is 117 Å². The lowest BCUT2D eigenvalue weighted by atomic mass is 9.92. The second-order valence-corrected chi connectivity index (χ2v) is 5.36. The summed E-state index contributed by atoms with van der Waals surface area (Å²) in [5, 5.41) is 14.1. The number of piperidine rings is 1. The van der Waals surface area contributed by atoms with Crippen molar-refractivity contribution in [2.45, 2.75) is 25.9 Å². The number of pyridine rings is 1. The zero-order valence-electron chi connectivity index (χ0n) is 11.6. The Bertz CT molecular complexity index is 622. The summed E-state index contributed by atoms with van der Waals surface area (Å²) >= 11 is 0. The van der Waals surface area contributed by atoms with E-state index in [1.54, 1.807) is 10.7 Å². The molecule has 3 heterocycles. The molecule has 1 aliphatic heterocycles. The molecule has 2 atom stereocenters. The van der Waals surface area contributed by atoms with Gasteiger partial charge >= 0.3 is 0 Å². The Morgan fingerprint density at radius 3 is 3.15 bits per heavy atom. The Morgan fingerprint density at radius 1 is 1.50 bits per heavy atom. The van der Waals surface area contributed by atoms with Crippen LogP contribution in [-0.4, -0.2) is 44.7 Å². The smallest absolute Gasteiger partial charge is 0.257 e. The summed E-state index contributed by atoms with van der Waals surface area (Å²) in [7, 11) is 0. The monoisotopic (exact) mass is 273 g/mol. The molecule has 0 bridgehead atoms. The molecule has 1 aliphatic rings. The molecule has 0 radical (unpaired) electrons. The van der Waals surface area contributed by atoms with E-state index in [1.165, 1.54) is 0 Å². The molecule has 1 amide bonds. The summed E-state index contributed by atoms with van der Waals surface area (Å²) < 4.78 is 1.71. The lowest BCUT2D eigenvalue weighted by molar-refractivity contribution is 0.0230. The zero-order chi connectivity index (χ0) is 14.1. The highest BCUT2D eigenvalue weighted by Crippen LogP contribution is 2.22. The van der Waals surface area contributed by atoms with Crippen molar-refractivity contribution in [3.8, 4) is 0 Å². The molecule has 0 aromatic carbocycles. The third-order valence-electron chi connectivity index (χ3n) is 4.16. The van der Waals surface area contributed by atoms with Crippen molar-refractivity contribution >= 4 is 11.4 Å². The summed E-state index contributed by atoms with van der Waals surface area (Å²) in [6.07, 6.45) is 4.72. The topological polar surface area (TPSA) is 57.8 Å². The summed E-state index contributed by atoms with van der Waals surface area (Å²) in [4.78, 5) is 14.5. The normalized spacial score (nSPS) is 23.2. The van der Waals surface area contributed by atoms with E-state index in [9.17, 15) is 9.90 Å². The molecule has 0 spiro atoms. The van der Waals surface area contributed by atoms with Crippen LogP contribution in [0.5, 0.6) is 0 Å². The van der Waals surface area contributed by atoms with Gasteiger partial charge in [0, 0.05) is 25.2 Å². The highest BCUT2D eigenvalue weighted by atomic mass is 16.3. The number of aliphatic hydroxyl groups excluding tert-OH is 1. The Morgan fingerprint density at radius 2 is 2.35 bits per heavy atom. The van der Waals surface area contributed by atoms with E-state index in [0.29, 0.717) is 25.1 Å². The maximum absolute atomic E-state index is 12.6. The molecule has 2 unspecified atom stereocenters. The SMILES string of the molecule is CCC1CN(C(=O)c2cnn3ccccc23)CCC1O. The van der Waals surface area contributed by atoms with E-state index in [2.05, 4.69) is 12.0 Å². The largest absolute Gasteiger partial charge is 0.393 e. The second-order valence-electron chi connectivity index (χ2n) is 5.36. The van der Waals surface area contributed by atoms with E-state index >= 15 is 0 Å². The number of nitrogens with zero attached hydrogens (tertiary/aromatic N) is 3. The molecular weight excluding hydrogens is 254 g/mol. The van der Waals surface area contributed by atoms with Crippen molar-refractivity contribution in [2.24, 2.45) is 5.92 Å². The predicted molar refractivity (Wildman–Crippen MR) is 75.5 cm³/mol. The van der Waals surface area contributed by atoms with Gasteiger partial charge in [0.25, 0.3) is 5.91 Å². The maximum Gasteiger partial charge on any atom is 0.257 e. The van der Waals surface area contributed by atoms with Crippen LogP contribution in [0.1, 0.15) is 30.1 Å². The molecule has 0 aliphatic carbocycles. The van der Waals surface area contributed by atoms with Gasteiger partial charge in [-0.05, 0) is 25.0 Å². The van der Waals surface area contributed by atoms with Gasteiger partial charge in [-0.3, -0.25) is 4.79 Å².